The fourth-order valence-electron chi connectivity index (χ4n) is 2.51. The molecule has 132 valence electrons. The van der Waals surface area contributed by atoms with Crippen molar-refractivity contribution in [1.29, 1.82) is 0 Å². The molecule has 4 nitrogen and oxygen atoms in total. The van der Waals surface area contributed by atoms with Gasteiger partial charge in [-0.3, -0.25) is 0 Å². The van der Waals surface area contributed by atoms with Crippen LogP contribution in [-0.4, -0.2) is 8.42 Å². The van der Waals surface area contributed by atoms with Gasteiger partial charge in [0.2, 0.25) is 0 Å². The third-order valence-corrected chi connectivity index (χ3v) is 5.08. The third-order valence-electron chi connectivity index (χ3n) is 3.90. The van der Waals surface area contributed by atoms with Gasteiger partial charge < -0.3 is 0 Å². The maximum absolute atomic E-state index is 14.3. The molecule has 0 spiro atoms. The van der Waals surface area contributed by atoms with E-state index in [-0.39, 0.29) is 10.5 Å². The molecule has 0 aliphatic rings. The van der Waals surface area contributed by atoms with Gasteiger partial charge in [0.15, 0.2) is 0 Å². The molecule has 3 aromatic carbocycles. The highest BCUT2D eigenvalue weighted by Crippen LogP contribution is 2.29. The van der Waals surface area contributed by atoms with E-state index in [9.17, 15) is 12.8 Å². The zero-order chi connectivity index (χ0) is 18.6. The number of nitrogens with zero attached hydrogens (tertiary/aromatic N) is 2. The fraction of sp³-hybridized carbons (Fsp3) is 0.100. The lowest BCUT2D eigenvalue weighted by atomic mass is 9.99. The van der Waals surface area contributed by atoms with Crippen molar-refractivity contribution in [3.05, 3.63) is 101 Å². The van der Waals surface area contributed by atoms with Crippen LogP contribution in [0, 0.1) is 12.7 Å². The van der Waals surface area contributed by atoms with Gasteiger partial charge >= 0.3 is 0 Å². The first kappa shape index (κ1) is 17.9. The van der Waals surface area contributed by atoms with Crippen molar-refractivity contribution < 1.29 is 12.8 Å². The van der Waals surface area contributed by atoms with Gasteiger partial charge in [-0.05, 0) is 30.7 Å². The number of aryl methyl sites for hydroxylation is 1. The summed E-state index contributed by atoms with van der Waals surface area (Å²) in [6.45, 7) is 1.86. The second-order valence-corrected chi connectivity index (χ2v) is 7.40. The maximum atomic E-state index is 14.3. The average Bonchev–Trinajstić information content (AvgIpc) is 2.64. The van der Waals surface area contributed by atoms with Gasteiger partial charge in [-0.1, -0.05) is 70.7 Å². The lowest BCUT2D eigenvalue weighted by molar-refractivity contribution is 0.584. The number of hydrogen-bond donors (Lipinski definition) is 0. The summed E-state index contributed by atoms with van der Waals surface area (Å²) in [4.78, 5) is 0.0483. The van der Waals surface area contributed by atoms with Crippen LogP contribution in [0.2, 0.25) is 0 Å². The van der Waals surface area contributed by atoms with Crippen LogP contribution in [-0.2, 0) is 10.0 Å². The van der Waals surface area contributed by atoms with Crippen molar-refractivity contribution >= 4 is 10.0 Å². The first-order valence-electron chi connectivity index (χ1n) is 8.00. The SMILES string of the molecule is Cc1ccc(S(=O)(=O)N=NC(c2ccccc2)c2ccccc2F)cc1. The van der Waals surface area contributed by atoms with E-state index in [1.54, 1.807) is 54.6 Å². The molecule has 1 atom stereocenters. The van der Waals surface area contributed by atoms with E-state index in [0.717, 1.165) is 5.56 Å². The standard InChI is InChI=1S/C20H17FN2O2S/c1-15-11-13-17(14-12-15)26(24,25)23-22-20(16-7-3-2-4-8-16)18-9-5-6-10-19(18)21/h2-14,20H,1H3. The van der Waals surface area contributed by atoms with E-state index < -0.39 is 21.9 Å². The number of rotatable bonds is 5. The molecule has 1 unspecified atom stereocenters. The van der Waals surface area contributed by atoms with Crippen LogP contribution in [0.5, 0.6) is 0 Å². The van der Waals surface area contributed by atoms with Gasteiger partial charge in [0.25, 0.3) is 10.0 Å². The van der Waals surface area contributed by atoms with E-state index in [2.05, 4.69) is 9.63 Å². The molecule has 0 aliphatic carbocycles. The molecule has 26 heavy (non-hydrogen) atoms. The van der Waals surface area contributed by atoms with E-state index in [1.807, 2.05) is 13.0 Å². The van der Waals surface area contributed by atoms with E-state index in [0.29, 0.717) is 5.56 Å². The topological polar surface area (TPSA) is 58.9 Å². The molecule has 0 saturated heterocycles. The summed E-state index contributed by atoms with van der Waals surface area (Å²) in [7, 11) is -3.97. The maximum Gasteiger partial charge on any atom is 0.299 e. The van der Waals surface area contributed by atoms with Crippen LogP contribution < -0.4 is 0 Å². The molecule has 0 aromatic heterocycles. The van der Waals surface area contributed by atoms with Crippen molar-refractivity contribution in [3.63, 3.8) is 0 Å². The zero-order valence-electron chi connectivity index (χ0n) is 14.1. The number of halogens is 1. The Morgan fingerprint density at radius 1 is 0.846 bits per heavy atom. The van der Waals surface area contributed by atoms with E-state index in [4.69, 9.17) is 0 Å². The molecule has 0 aliphatic heterocycles. The minimum Gasteiger partial charge on any atom is -0.207 e. The van der Waals surface area contributed by atoms with Crippen LogP contribution >= 0.6 is 0 Å². The van der Waals surface area contributed by atoms with E-state index >= 15 is 0 Å². The predicted octanol–water partition coefficient (Wildman–Crippen LogP) is 5.06. The Kier molecular flexibility index (Phi) is 5.23. The van der Waals surface area contributed by atoms with Crippen molar-refractivity contribution in [3.8, 4) is 0 Å². The van der Waals surface area contributed by atoms with Gasteiger partial charge in [-0.2, -0.15) is 13.5 Å². The third kappa shape index (κ3) is 4.03. The molecule has 0 fully saturated rings. The van der Waals surface area contributed by atoms with Crippen LogP contribution in [0.4, 0.5) is 4.39 Å². The van der Waals surface area contributed by atoms with Crippen molar-refractivity contribution in [2.45, 2.75) is 17.9 Å². The van der Waals surface area contributed by atoms with Crippen LogP contribution in [0.3, 0.4) is 0 Å². The first-order valence-corrected chi connectivity index (χ1v) is 9.44. The highest BCUT2D eigenvalue weighted by molar-refractivity contribution is 7.90. The highest BCUT2D eigenvalue weighted by Gasteiger charge is 2.19. The number of sulfonamides is 1. The normalized spacial score (nSPS) is 13.0. The molecule has 0 bridgehead atoms. The summed E-state index contributed by atoms with van der Waals surface area (Å²) in [5, 5.41) is 3.99. The second-order valence-electron chi connectivity index (χ2n) is 5.82. The van der Waals surface area contributed by atoms with Gasteiger partial charge in [-0.15, -0.1) is 0 Å². The van der Waals surface area contributed by atoms with Gasteiger partial charge in [0, 0.05) is 5.56 Å². The molecule has 3 rings (SSSR count). The van der Waals surface area contributed by atoms with Crippen molar-refractivity contribution in [2.75, 3.05) is 0 Å². The molecule has 6 heteroatoms. The number of hydrogen-bond acceptors (Lipinski definition) is 3. The Labute approximate surface area is 152 Å². The van der Waals surface area contributed by atoms with Crippen LogP contribution in [0.25, 0.3) is 0 Å². The van der Waals surface area contributed by atoms with Crippen LogP contribution in [0.15, 0.2) is 93.4 Å². The van der Waals surface area contributed by atoms with Crippen molar-refractivity contribution in [2.24, 2.45) is 9.63 Å². The average molecular weight is 368 g/mol. The summed E-state index contributed by atoms with van der Waals surface area (Å²) in [6, 6.07) is 20.5. The zero-order valence-corrected chi connectivity index (χ0v) is 14.9. The summed E-state index contributed by atoms with van der Waals surface area (Å²) >= 11 is 0. The van der Waals surface area contributed by atoms with E-state index in [1.165, 1.54) is 18.2 Å². The Morgan fingerprint density at radius 2 is 1.46 bits per heavy atom. The second kappa shape index (κ2) is 7.58. The Bertz CT molecular complexity index is 1020. The first-order chi connectivity index (χ1) is 12.5. The Morgan fingerprint density at radius 3 is 2.12 bits per heavy atom. The largest absolute Gasteiger partial charge is 0.299 e. The lowest BCUT2D eigenvalue weighted by Crippen LogP contribution is -2.02. The molecule has 0 N–H and O–H groups in total. The summed E-state index contributed by atoms with van der Waals surface area (Å²) < 4.78 is 42.7. The molecule has 0 saturated carbocycles. The quantitative estimate of drug-likeness (QED) is 0.591. The lowest BCUT2D eigenvalue weighted by Gasteiger charge is -2.13. The molecule has 0 amide bonds. The minimum atomic E-state index is -3.97. The molecular formula is C20H17FN2O2S. The van der Waals surface area contributed by atoms with Gasteiger partial charge in [0.05, 0.1) is 4.90 Å². The molecule has 3 aromatic rings. The summed E-state index contributed by atoms with van der Waals surface area (Å²) in [5.41, 5.74) is 1.86. The minimum absolute atomic E-state index is 0.0483. The summed E-state index contributed by atoms with van der Waals surface area (Å²) in [6.07, 6.45) is 0. The van der Waals surface area contributed by atoms with Crippen LogP contribution in [0.1, 0.15) is 22.7 Å². The summed E-state index contributed by atoms with van der Waals surface area (Å²) in [5.74, 6) is -0.465. The predicted molar refractivity (Wildman–Crippen MR) is 97.9 cm³/mol. The monoisotopic (exact) mass is 368 g/mol. The van der Waals surface area contributed by atoms with Gasteiger partial charge in [0.1, 0.15) is 11.9 Å². The molecular weight excluding hydrogens is 351 g/mol. The smallest absolute Gasteiger partial charge is 0.207 e. The highest BCUT2D eigenvalue weighted by atomic mass is 32.2. The Hall–Kier alpha value is -2.86. The molecule has 0 radical (unpaired) electrons. The van der Waals surface area contributed by atoms with Crippen molar-refractivity contribution in [1.82, 2.24) is 0 Å². The molecule has 0 heterocycles. The van der Waals surface area contributed by atoms with Gasteiger partial charge in [-0.25, -0.2) is 4.39 Å². The fourth-order valence-corrected chi connectivity index (χ4v) is 3.30. The Balaban J connectivity index is 2.02. The number of benzene rings is 3.